The summed E-state index contributed by atoms with van der Waals surface area (Å²) in [6, 6.07) is 6.12. The Morgan fingerprint density at radius 1 is 1.33 bits per heavy atom. The molecule has 1 heterocycles. The van der Waals surface area contributed by atoms with Crippen LogP contribution in [-0.4, -0.2) is 5.91 Å². The Morgan fingerprint density at radius 2 is 2.00 bits per heavy atom. The number of rotatable bonds is 3. The molecule has 0 spiro atoms. The van der Waals surface area contributed by atoms with Gasteiger partial charge in [-0.3, -0.25) is 4.79 Å². The summed E-state index contributed by atoms with van der Waals surface area (Å²) in [5.74, 6) is 0.633. The van der Waals surface area contributed by atoms with E-state index in [1.165, 1.54) is 0 Å². The molecule has 1 aliphatic rings. The topological polar surface area (TPSA) is 55.1 Å². The van der Waals surface area contributed by atoms with E-state index < -0.39 is 5.41 Å². The van der Waals surface area contributed by atoms with E-state index in [0.717, 1.165) is 23.2 Å². The van der Waals surface area contributed by atoms with Gasteiger partial charge in [0.2, 0.25) is 5.91 Å². The summed E-state index contributed by atoms with van der Waals surface area (Å²) in [6.45, 7) is 8.24. The van der Waals surface area contributed by atoms with Gasteiger partial charge in [-0.15, -0.1) is 0 Å². The molecule has 0 aliphatic carbocycles. The van der Waals surface area contributed by atoms with Crippen molar-refractivity contribution < 1.29 is 4.79 Å². The van der Waals surface area contributed by atoms with Crippen LogP contribution in [0.25, 0.3) is 0 Å². The van der Waals surface area contributed by atoms with Gasteiger partial charge in [-0.2, -0.15) is 0 Å². The van der Waals surface area contributed by atoms with Crippen LogP contribution in [0, 0.1) is 5.92 Å². The molecular weight excluding hydrogens is 224 g/mol. The maximum absolute atomic E-state index is 11.9. The summed E-state index contributed by atoms with van der Waals surface area (Å²) in [5, 5.41) is 2.91. The van der Waals surface area contributed by atoms with Crippen LogP contribution in [-0.2, 0) is 10.2 Å². The molecule has 1 unspecified atom stereocenters. The van der Waals surface area contributed by atoms with Gasteiger partial charge in [-0.25, -0.2) is 0 Å². The Bertz CT molecular complexity index is 477. The van der Waals surface area contributed by atoms with Gasteiger partial charge < -0.3 is 11.1 Å². The molecule has 98 valence electrons. The van der Waals surface area contributed by atoms with Crippen LogP contribution in [0.4, 0.5) is 5.69 Å². The first kappa shape index (κ1) is 13.1. The van der Waals surface area contributed by atoms with Crippen molar-refractivity contribution in [3.63, 3.8) is 0 Å². The SMILES string of the molecule is CC(C)CC(N)c1ccc2c(c1)C(C)(C)C(=O)N2. The van der Waals surface area contributed by atoms with E-state index in [9.17, 15) is 4.79 Å². The summed E-state index contributed by atoms with van der Waals surface area (Å²) in [5.41, 5.74) is 8.85. The number of anilines is 1. The van der Waals surface area contributed by atoms with Crippen molar-refractivity contribution in [2.75, 3.05) is 5.32 Å². The Hall–Kier alpha value is -1.35. The van der Waals surface area contributed by atoms with Crippen LogP contribution in [0.3, 0.4) is 0 Å². The average molecular weight is 246 g/mol. The van der Waals surface area contributed by atoms with Crippen LogP contribution in [0.15, 0.2) is 18.2 Å². The van der Waals surface area contributed by atoms with Gasteiger partial charge in [0, 0.05) is 11.7 Å². The quantitative estimate of drug-likeness (QED) is 0.861. The molecule has 18 heavy (non-hydrogen) atoms. The predicted molar refractivity (Wildman–Crippen MR) is 74.5 cm³/mol. The zero-order chi connectivity index (χ0) is 13.5. The van der Waals surface area contributed by atoms with E-state index in [-0.39, 0.29) is 11.9 Å². The van der Waals surface area contributed by atoms with E-state index >= 15 is 0 Å². The maximum atomic E-state index is 11.9. The number of carbonyl (C=O) groups excluding carboxylic acids is 1. The first-order valence-electron chi connectivity index (χ1n) is 6.54. The molecule has 0 bridgehead atoms. The monoisotopic (exact) mass is 246 g/mol. The van der Waals surface area contributed by atoms with Crippen molar-refractivity contribution in [3.8, 4) is 0 Å². The number of benzene rings is 1. The van der Waals surface area contributed by atoms with E-state index in [4.69, 9.17) is 5.73 Å². The first-order valence-corrected chi connectivity index (χ1v) is 6.54. The second-order valence-electron chi connectivity index (χ2n) is 6.12. The molecule has 0 radical (unpaired) electrons. The molecule has 1 aliphatic heterocycles. The highest BCUT2D eigenvalue weighted by Gasteiger charge is 2.38. The summed E-state index contributed by atoms with van der Waals surface area (Å²) in [4.78, 5) is 11.9. The minimum absolute atomic E-state index is 0.0433. The zero-order valence-corrected chi connectivity index (χ0v) is 11.6. The molecule has 0 saturated carbocycles. The number of hydrogen-bond acceptors (Lipinski definition) is 2. The van der Waals surface area contributed by atoms with Crippen molar-refractivity contribution >= 4 is 11.6 Å². The lowest BCUT2D eigenvalue weighted by atomic mass is 9.84. The minimum Gasteiger partial charge on any atom is -0.325 e. The molecular formula is C15H22N2O. The smallest absolute Gasteiger partial charge is 0.234 e. The third-order valence-electron chi connectivity index (χ3n) is 3.69. The fourth-order valence-electron chi connectivity index (χ4n) is 2.46. The van der Waals surface area contributed by atoms with Gasteiger partial charge in [-0.1, -0.05) is 26.0 Å². The van der Waals surface area contributed by atoms with Crippen LogP contribution < -0.4 is 11.1 Å². The summed E-state index contributed by atoms with van der Waals surface area (Å²) < 4.78 is 0. The second kappa shape index (κ2) is 4.39. The molecule has 3 heteroatoms. The fraction of sp³-hybridized carbons (Fsp3) is 0.533. The molecule has 1 aromatic rings. The van der Waals surface area contributed by atoms with Gasteiger partial charge in [0.15, 0.2) is 0 Å². The van der Waals surface area contributed by atoms with Gasteiger partial charge in [-0.05, 0) is 43.4 Å². The van der Waals surface area contributed by atoms with Crippen molar-refractivity contribution in [1.29, 1.82) is 0 Å². The molecule has 0 saturated heterocycles. The summed E-state index contributed by atoms with van der Waals surface area (Å²) in [6.07, 6.45) is 0.959. The van der Waals surface area contributed by atoms with Gasteiger partial charge in [0.05, 0.1) is 5.41 Å². The van der Waals surface area contributed by atoms with Gasteiger partial charge >= 0.3 is 0 Å². The van der Waals surface area contributed by atoms with E-state index in [1.54, 1.807) is 0 Å². The molecule has 1 atom stereocenters. The van der Waals surface area contributed by atoms with Crippen LogP contribution in [0.1, 0.15) is 51.3 Å². The van der Waals surface area contributed by atoms with Crippen molar-refractivity contribution in [2.24, 2.45) is 11.7 Å². The molecule has 2 rings (SSSR count). The van der Waals surface area contributed by atoms with Gasteiger partial charge in [0.1, 0.15) is 0 Å². The molecule has 3 nitrogen and oxygen atoms in total. The number of amides is 1. The Morgan fingerprint density at radius 3 is 2.61 bits per heavy atom. The molecule has 1 aromatic carbocycles. The molecule has 0 fully saturated rings. The highest BCUT2D eigenvalue weighted by atomic mass is 16.2. The second-order valence-corrected chi connectivity index (χ2v) is 6.12. The normalized spacial score (nSPS) is 18.7. The summed E-state index contributed by atoms with van der Waals surface area (Å²) in [7, 11) is 0. The van der Waals surface area contributed by atoms with Crippen LogP contribution >= 0.6 is 0 Å². The van der Waals surface area contributed by atoms with E-state index in [2.05, 4.69) is 25.2 Å². The first-order chi connectivity index (χ1) is 8.32. The highest BCUT2D eigenvalue weighted by molar-refractivity contribution is 6.05. The number of carbonyl (C=O) groups is 1. The van der Waals surface area contributed by atoms with E-state index in [0.29, 0.717) is 5.92 Å². The standard InChI is InChI=1S/C15H22N2O/c1-9(2)7-12(16)10-5-6-13-11(8-10)15(3,4)14(18)17-13/h5-6,8-9,12H,7,16H2,1-4H3,(H,17,18). The van der Waals surface area contributed by atoms with Crippen LogP contribution in [0.5, 0.6) is 0 Å². The molecule has 3 N–H and O–H groups in total. The third-order valence-corrected chi connectivity index (χ3v) is 3.69. The Labute approximate surface area is 109 Å². The third kappa shape index (κ3) is 2.15. The highest BCUT2D eigenvalue weighted by Crippen LogP contribution is 2.38. The molecule has 1 amide bonds. The fourth-order valence-corrected chi connectivity index (χ4v) is 2.46. The van der Waals surface area contributed by atoms with Crippen molar-refractivity contribution in [3.05, 3.63) is 29.3 Å². The number of fused-ring (bicyclic) bond motifs is 1. The average Bonchev–Trinajstić information content (AvgIpc) is 2.49. The minimum atomic E-state index is -0.455. The lowest BCUT2D eigenvalue weighted by Gasteiger charge is -2.19. The van der Waals surface area contributed by atoms with E-state index in [1.807, 2.05) is 26.0 Å². The predicted octanol–water partition coefficient (Wildman–Crippen LogP) is 2.96. The number of nitrogens with two attached hydrogens (primary N) is 1. The maximum Gasteiger partial charge on any atom is 0.234 e. The number of hydrogen-bond donors (Lipinski definition) is 2. The largest absolute Gasteiger partial charge is 0.325 e. The lowest BCUT2D eigenvalue weighted by Crippen LogP contribution is -2.27. The summed E-state index contributed by atoms with van der Waals surface area (Å²) >= 11 is 0. The Balaban J connectivity index is 2.34. The molecule has 0 aromatic heterocycles. The Kier molecular flexibility index (Phi) is 3.20. The number of nitrogens with one attached hydrogen (secondary N) is 1. The van der Waals surface area contributed by atoms with Crippen molar-refractivity contribution in [2.45, 2.75) is 45.6 Å². The zero-order valence-electron chi connectivity index (χ0n) is 11.6. The lowest BCUT2D eigenvalue weighted by molar-refractivity contribution is -0.119. The van der Waals surface area contributed by atoms with Crippen LogP contribution in [0.2, 0.25) is 0 Å². The van der Waals surface area contributed by atoms with Crippen molar-refractivity contribution in [1.82, 2.24) is 0 Å². The van der Waals surface area contributed by atoms with Gasteiger partial charge in [0.25, 0.3) is 0 Å².